The van der Waals surface area contributed by atoms with E-state index in [0.717, 1.165) is 26.3 Å². The van der Waals surface area contributed by atoms with Crippen molar-refractivity contribution in [2.24, 2.45) is 0 Å². The first kappa shape index (κ1) is 20.2. The van der Waals surface area contributed by atoms with E-state index in [0.29, 0.717) is 32.9 Å². The van der Waals surface area contributed by atoms with Gasteiger partial charge in [0.05, 0.1) is 34.3 Å². The molecule has 0 spiro atoms. The molecule has 0 saturated heterocycles. The Balaban J connectivity index is 1.77. The molecule has 170 valence electrons. The Labute approximate surface area is 199 Å². The summed E-state index contributed by atoms with van der Waals surface area (Å²) in [7, 11) is 0. The van der Waals surface area contributed by atoms with Gasteiger partial charge in [0.2, 0.25) is 0 Å². The summed E-state index contributed by atoms with van der Waals surface area (Å²) in [4.78, 5) is 29.6. The van der Waals surface area contributed by atoms with Crippen LogP contribution in [0.2, 0.25) is 0 Å². The van der Waals surface area contributed by atoms with Crippen LogP contribution in [0.1, 0.15) is 33.2 Å². The zero-order valence-electron chi connectivity index (χ0n) is 17.5. The van der Waals surface area contributed by atoms with Gasteiger partial charge in [0.15, 0.2) is 0 Å². The highest BCUT2D eigenvalue weighted by Gasteiger charge is 2.44. The standard InChI is InChI=1S/C25H18BrN3O5/c26-9-5-6-12-11(7-9)16-18-19(25(34)28-24(18)33)17-10-3-1-2-4-13(10)29(21(17)20(16)27-12)14-8-15(30)23(32)22(14)31/h1-7,14-15,22-23,27,30-32H,8H2,(H,28,33,34)/t14?,15-,22-,23+/m0/s1. The van der Waals surface area contributed by atoms with E-state index in [4.69, 9.17) is 0 Å². The third-order valence-electron chi connectivity index (χ3n) is 7.29. The topological polar surface area (TPSA) is 128 Å². The molecule has 4 atom stereocenters. The number of rotatable bonds is 1. The van der Waals surface area contributed by atoms with Gasteiger partial charge >= 0.3 is 0 Å². The van der Waals surface area contributed by atoms with Gasteiger partial charge in [-0.05, 0) is 30.7 Å². The largest absolute Gasteiger partial charge is 0.390 e. The molecule has 3 aromatic carbocycles. The molecule has 8 nitrogen and oxygen atoms in total. The molecule has 7 rings (SSSR count). The predicted molar refractivity (Wildman–Crippen MR) is 130 cm³/mol. The smallest absolute Gasteiger partial charge is 0.259 e. The number of nitrogens with zero attached hydrogens (tertiary/aromatic N) is 1. The van der Waals surface area contributed by atoms with Gasteiger partial charge in [-0.3, -0.25) is 14.9 Å². The van der Waals surface area contributed by atoms with E-state index in [9.17, 15) is 24.9 Å². The quantitative estimate of drug-likeness (QED) is 0.217. The lowest BCUT2D eigenvalue weighted by molar-refractivity contribution is -0.0241. The second-order valence-electron chi connectivity index (χ2n) is 9.06. The number of hydrogen-bond acceptors (Lipinski definition) is 5. The van der Waals surface area contributed by atoms with Crippen molar-refractivity contribution in [3.8, 4) is 0 Å². The molecule has 5 aromatic rings. The average Bonchev–Trinajstić information content (AvgIpc) is 3.51. The number of amides is 2. The van der Waals surface area contributed by atoms with Crippen LogP contribution in [-0.2, 0) is 0 Å². The fourth-order valence-electron chi connectivity index (χ4n) is 5.88. The summed E-state index contributed by atoms with van der Waals surface area (Å²) >= 11 is 3.50. The molecule has 2 aliphatic rings. The van der Waals surface area contributed by atoms with Crippen molar-refractivity contribution in [3.63, 3.8) is 0 Å². The van der Waals surface area contributed by atoms with Gasteiger partial charge in [-0.2, -0.15) is 0 Å². The van der Waals surface area contributed by atoms with Crippen LogP contribution in [0.3, 0.4) is 0 Å². The lowest BCUT2D eigenvalue weighted by Gasteiger charge is -2.21. The fourth-order valence-corrected chi connectivity index (χ4v) is 6.24. The number of hydrogen-bond donors (Lipinski definition) is 5. The minimum absolute atomic E-state index is 0.144. The highest BCUT2D eigenvalue weighted by Crippen LogP contribution is 2.46. The van der Waals surface area contributed by atoms with Crippen LogP contribution in [0.15, 0.2) is 46.9 Å². The van der Waals surface area contributed by atoms with E-state index in [1.54, 1.807) is 0 Å². The van der Waals surface area contributed by atoms with Gasteiger partial charge in [-0.25, -0.2) is 0 Å². The van der Waals surface area contributed by atoms with Crippen LogP contribution in [0.4, 0.5) is 0 Å². The van der Waals surface area contributed by atoms with Gasteiger partial charge in [0, 0.05) is 37.1 Å². The zero-order valence-corrected chi connectivity index (χ0v) is 19.1. The Morgan fingerprint density at radius 1 is 0.912 bits per heavy atom. The maximum Gasteiger partial charge on any atom is 0.259 e. The SMILES string of the molecule is O=C1NC(=O)c2c1c1c3cc(Br)ccc3[nH]c1c1c2c2ccccc2n1C1C[C@H](O)[C@@H](O)[C@H]1O. The Kier molecular flexibility index (Phi) is 3.95. The molecule has 0 radical (unpaired) electrons. The summed E-state index contributed by atoms with van der Waals surface area (Å²) < 4.78 is 2.73. The molecule has 5 N–H and O–H groups in total. The van der Waals surface area contributed by atoms with Gasteiger partial charge in [-0.15, -0.1) is 0 Å². The molecule has 1 aliphatic carbocycles. The zero-order chi connectivity index (χ0) is 23.5. The van der Waals surface area contributed by atoms with Gasteiger partial charge in [0.1, 0.15) is 12.2 Å². The molecule has 3 heterocycles. The minimum atomic E-state index is -1.28. The second kappa shape index (κ2) is 6.67. The number of H-pyrrole nitrogens is 1. The molecule has 9 heteroatoms. The molecule has 34 heavy (non-hydrogen) atoms. The molecule has 2 aromatic heterocycles. The van der Waals surface area contributed by atoms with Crippen molar-refractivity contribution in [1.29, 1.82) is 0 Å². The number of aliphatic hydroxyl groups excluding tert-OH is 3. The fraction of sp³-hybridized carbons (Fsp3) is 0.200. The van der Waals surface area contributed by atoms with Crippen molar-refractivity contribution in [2.75, 3.05) is 0 Å². The summed E-state index contributed by atoms with van der Waals surface area (Å²) in [5, 5.41) is 36.8. The number of carbonyl (C=O) groups is 2. The highest BCUT2D eigenvalue weighted by atomic mass is 79.9. The van der Waals surface area contributed by atoms with E-state index < -0.39 is 36.2 Å². The number of imide groups is 1. The van der Waals surface area contributed by atoms with Crippen molar-refractivity contribution in [2.45, 2.75) is 30.8 Å². The highest BCUT2D eigenvalue weighted by molar-refractivity contribution is 9.10. The Bertz CT molecular complexity index is 1740. The average molecular weight is 520 g/mol. The number of aromatic nitrogens is 2. The lowest BCUT2D eigenvalue weighted by Crippen LogP contribution is -2.31. The van der Waals surface area contributed by atoms with Gasteiger partial charge in [0.25, 0.3) is 11.8 Å². The van der Waals surface area contributed by atoms with Crippen LogP contribution in [0.5, 0.6) is 0 Å². The first-order chi connectivity index (χ1) is 16.4. The van der Waals surface area contributed by atoms with E-state index in [2.05, 4.69) is 26.2 Å². The summed E-state index contributed by atoms with van der Waals surface area (Å²) in [6.45, 7) is 0. The minimum Gasteiger partial charge on any atom is -0.390 e. The van der Waals surface area contributed by atoms with Crippen LogP contribution in [-0.4, -0.2) is 55.0 Å². The molecule has 0 bridgehead atoms. The molecule has 1 saturated carbocycles. The second-order valence-corrected chi connectivity index (χ2v) is 9.98. The number of benzene rings is 3. The molecule has 2 amide bonds. The van der Waals surface area contributed by atoms with E-state index in [1.165, 1.54) is 0 Å². The van der Waals surface area contributed by atoms with Crippen LogP contribution in [0, 0.1) is 0 Å². The van der Waals surface area contributed by atoms with Crippen LogP contribution >= 0.6 is 15.9 Å². The molecule has 1 aliphatic heterocycles. The first-order valence-corrected chi connectivity index (χ1v) is 11.8. The van der Waals surface area contributed by atoms with Crippen molar-refractivity contribution < 1.29 is 24.9 Å². The number of aliphatic hydroxyl groups is 3. The van der Waals surface area contributed by atoms with Crippen molar-refractivity contribution >= 4 is 71.4 Å². The molecule has 1 unspecified atom stereocenters. The number of aromatic amines is 1. The monoisotopic (exact) mass is 519 g/mol. The molecular formula is C25H18BrN3O5. The van der Waals surface area contributed by atoms with Crippen molar-refractivity contribution in [1.82, 2.24) is 14.9 Å². The van der Waals surface area contributed by atoms with E-state index >= 15 is 0 Å². The number of fused-ring (bicyclic) bond motifs is 10. The maximum absolute atomic E-state index is 13.1. The maximum atomic E-state index is 13.1. The third kappa shape index (κ3) is 2.37. The number of halogens is 1. The number of nitrogens with one attached hydrogen (secondary N) is 2. The molecule has 1 fully saturated rings. The van der Waals surface area contributed by atoms with Gasteiger partial charge in [-0.1, -0.05) is 34.1 Å². The third-order valence-corrected chi connectivity index (χ3v) is 7.79. The normalized spacial score (nSPS) is 24.7. The van der Waals surface area contributed by atoms with Crippen LogP contribution in [0.25, 0.3) is 43.6 Å². The summed E-state index contributed by atoms with van der Waals surface area (Å²) in [6, 6.07) is 12.5. The molecular weight excluding hydrogens is 502 g/mol. The first-order valence-electron chi connectivity index (χ1n) is 11.0. The summed E-state index contributed by atoms with van der Waals surface area (Å²) in [6.07, 6.45) is -3.42. The number of para-hydroxylation sites is 1. The Morgan fingerprint density at radius 2 is 1.65 bits per heavy atom. The van der Waals surface area contributed by atoms with Crippen LogP contribution < -0.4 is 5.32 Å². The summed E-state index contributed by atoms with van der Waals surface area (Å²) in [5.74, 6) is -0.914. The Morgan fingerprint density at radius 3 is 2.38 bits per heavy atom. The Hall–Kier alpha value is -3.24. The van der Waals surface area contributed by atoms with Crippen molar-refractivity contribution in [3.05, 3.63) is 58.1 Å². The summed E-state index contributed by atoms with van der Waals surface area (Å²) in [5.41, 5.74) is 3.47. The predicted octanol–water partition coefficient (Wildman–Crippen LogP) is 3.10. The number of carbonyl (C=O) groups excluding carboxylic acids is 2. The lowest BCUT2D eigenvalue weighted by atomic mass is 9.96. The van der Waals surface area contributed by atoms with E-state index in [1.807, 2.05) is 47.0 Å². The van der Waals surface area contributed by atoms with E-state index in [-0.39, 0.29) is 6.42 Å². The van der Waals surface area contributed by atoms with Gasteiger partial charge < -0.3 is 24.9 Å².